The van der Waals surface area contributed by atoms with Gasteiger partial charge in [-0.05, 0) is 19.1 Å². The maximum Gasteiger partial charge on any atom is 0.432 e. The first kappa shape index (κ1) is 20.8. The van der Waals surface area contributed by atoms with Gasteiger partial charge in [-0.1, -0.05) is 22.9 Å². The number of fused-ring (bicyclic) bond motifs is 1. The van der Waals surface area contributed by atoms with Crippen LogP contribution in [0.5, 0.6) is 0 Å². The van der Waals surface area contributed by atoms with Crippen molar-refractivity contribution in [3.63, 3.8) is 0 Å². The highest BCUT2D eigenvalue weighted by Gasteiger charge is 2.37. The summed E-state index contributed by atoms with van der Waals surface area (Å²) in [5, 5.41) is 20.3. The van der Waals surface area contributed by atoms with Gasteiger partial charge >= 0.3 is 12.3 Å². The fourth-order valence-electron chi connectivity index (χ4n) is 3.51. The molecule has 1 aliphatic heterocycles. The molecule has 0 bridgehead atoms. The Labute approximate surface area is 177 Å². The fourth-order valence-corrected chi connectivity index (χ4v) is 3.82. The molecule has 0 saturated heterocycles. The molecular formula is C18H14ClF3N6O3. The zero-order valence-electron chi connectivity index (χ0n) is 15.8. The van der Waals surface area contributed by atoms with Crippen LogP contribution < -0.4 is 0 Å². The predicted octanol–water partition coefficient (Wildman–Crippen LogP) is 3.42. The molecular weight excluding hydrogens is 441 g/mol. The normalized spacial score (nSPS) is 16.3. The number of nitrogens with zero attached hydrogens (tertiary/aromatic N) is 6. The van der Waals surface area contributed by atoms with Gasteiger partial charge in [-0.2, -0.15) is 22.5 Å². The second kappa shape index (κ2) is 7.38. The molecule has 0 radical (unpaired) electrons. The molecule has 4 rings (SSSR count). The molecule has 13 heteroatoms. The lowest BCUT2D eigenvalue weighted by Gasteiger charge is -2.33. The number of rotatable bonds is 2. The molecule has 1 amide bonds. The Hall–Kier alpha value is -3.41. The van der Waals surface area contributed by atoms with Crippen molar-refractivity contribution in [2.45, 2.75) is 25.6 Å². The Kier molecular flexibility index (Phi) is 4.96. The van der Waals surface area contributed by atoms with Crippen LogP contribution in [0.4, 0.5) is 18.0 Å². The molecule has 1 N–H and O–H groups in total. The van der Waals surface area contributed by atoms with E-state index in [4.69, 9.17) is 16.7 Å². The highest BCUT2D eigenvalue weighted by Crippen LogP contribution is 2.38. The minimum Gasteiger partial charge on any atom is -0.463 e. The second-order valence-corrected chi connectivity index (χ2v) is 7.20. The van der Waals surface area contributed by atoms with Crippen molar-refractivity contribution < 1.29 is 27.9 Å². The zero-order valence-corrected chi connectivity index (χ0v) is 16.6. The van der Waals surface area contributed by atoms with Crippen LogP contribution in [0, 0.1) is 0 Å². The molecule has 1 aliphatic rings. The Morgan fingerprint density at radius 1 is 1.26 bits per heavy atom. The van der Waals surface area contributed by atoms with E-state index in [1.807, 2.05) is 0 Å². The van der Waals surface area contributed by atoms with Crippen molar-refractivity contribution in [1.82, 2.24) is 29.7 Å². The number of hydrogen-bond acceptors (Lipinski definition) is 5. The van der Waals surface area contributed by atoms with Crippen molar-refractivity contribution in [2.75, 3.05) is 6.54 Å². The maximum atomic E-state index is 13.1. The van der Waals surface area contributed by atoms with E-state index >= 15 is 0 Å². The third-order valence-electron chi connectivity index (χ3n) is 5.03. The number of benzene rings is 1. The van der Waals surface area contributed by atoms with Crippen LogP contribution in [0.3, 0.4) is 0 Å². The van der Waals surface area contributed by atoms with E-state index in [0.29, 0.717) is 11.4 Å². The monoisotopic (exact) mass is 454 g/mol. The standard InChI is InChI=1S/C18H14ClF3N6O3/c1-9-15-12(28(25-23-15)13-6-8-27(24-13)17(30)31)5-7-26(9)16(29)10-3-2-4-11(14(10)19)18(20,21)22/h2-4,6,8-9H,5,7H2,1H3,(H,30,31). The average molecular weight is 455 g/mol. The van der Waals surface area contributed by atoms with Gasteiger partial charge in [0, 0.05) is 25.2 Å². The summed E-state index contributed by atoms with van der Waals surface area (Å²) in [7, 11) is 0. The van der Waals surface area contributed by atoms with Gasteiger partial charge in [-0.15, -0.1) is 10.2 Å². The smallest absolute Gasteiger partial charge is 0.432 e. The SMILES string of the molecule is CC1c2nnn(-c3ccn(C(=O)O)n3)c2CCN1C(=O)c1cccc(C(F)(F)F)c1Cl. The summed E-state index contributed by atoms with van der Waals surface area (Å²) in [5.41, 5.74) is -0.264. The number of aromatic nitrogens is 5. The molecule has 0 spiro atoms. The van der Waals surface area contributed by atoms with Gasteiger partial charge in [-0.25, -0.2) is 4.79 Å². The van der Waals surface area contributed by atoms with E-state index < -0.39 is 34.8 Å². The quantitative estimate of drug-likeness (QED) is 0.636. The van der Waals surface area contributed by atoms with Gasteiger partial charge in [0.1, 0.15) is 5.69 Å². The fraction of sp³-hybridized carbons (Fsp3) is 0.278. The molecule has 3 aromatic rings. The van der Waals surface area contributed by atoms with E-state index in [0.717, 1.165) is 16.8 Å². The Morgan fingerprint density at radius 2 is 2.00 bits per heavy atom. The largest absolute Gasteiger partial charge is 0.463 e. The van der Waals surface area contributed by atoms with Gasteiger partial charge in [0.05, 0.1) is 27.9 Å². The Balaban J connectivity index is 1.65. The lowest BCUT2D eigenvalue weighted by Crippen LogP contribution is -2.39. The summed E-state index contributed by atoms with van der Waals surface area (Å²) in [6.45, 7) is 1.85. The van der Waals surface area contributed by atoms with Crippen LogP contribution >= 0.6 is 11.6 Å². The van der Waals surface area contributed by atoms with E-state index in [2.05, 4.69) is 15.4 Å². The van der Waals surface area contributed by atoms with E-state index in [1.165, 1.54) is 27.9 Å². The predicted molar refractivity (Wildman–Crippen MR) is 100 cm³/mol. The Morgan fingerprint density at radius 3 is 2.65 bits per heavy atom. The van der Waals surface area contributed by atoms with Gasteiger partial charge in [-0.3, -0.25) is 4.79 Å². The Bertz CT molecular complexity index is 1190. The molecule has 162 valence electrons. The number of halogens is 4. The highest BCUT2D eigenvalue weighted by molar-refractivity contribution is 6.34. The van der Waals surface area contributed by atoms with Gasteiger partial charge in [0.2, 0.25) is 0 Å². The van der Waals surface area contributed by atoms with Crippen LogP contribution in [0.1, 0.15) is 40.3 Å². The maximum absolute atomic E-state index is 13.1. The first-order valence-electron chi connectivity index (χ1n) is 9.00. The van der Waals surface area contributed by atoms with Crippen LogP contribution in [-0.2, 0) is 12.6 Å². The second-order valence-electron chi connectivity index (χ2n) is 6.82. The molecule has 0 aliphatic carbocycles. The average Bonchev–Trinajstić information content (AvgIpc) is 3.34. The summed E-state index contributed by atoms with van der Waals surface area (Å²) >= 11 is 5.91. The third-order valence-corrected chi connectivity index (χ3v) is 5.44. The molecule has 0 saturated carbocycles. The first-order chi connectivity index (χ1) is 14.6. The zero-order chi connectivity index (χ0) is 22.5. The number of carbonyl (C=O) groups excluding carboxylic acids is 1. The van der Waals surface area contributed by atoms with Crippen molar-refractivity contribution in [3.8, 4) is 5.82 Å². The van der Waals surface area contributed by atoms with Gasteiger partial charge < -0.3 is 10.0 Å². The topological polar surface area (TPSA) is 106 Å². The molecule has 1 aromatic carbocycles. The number of carboxylic acid groups (broad SMARTS) is 1. The van der Waals surface area contributed by atoms with E-state index in [1.54, 1.807) is 6.92 Å². The van der Waals surface area contributed by atoms with Gasteiger partial charge in [0.15, 0.2) is 5.82 Å². The lowest BCUT2D eigenvalue weighted by molar-refractivity contribution is -0.137. The minimum absolute atomic E-state index is 0.173. The van der Waals surface area contributed by atoms with Crippen molar-refractivity contribution in [2.24, 2.45) is 0 Å². The van der Waals surface area contributed by atoms with Crippen molar-refractivity contribution in [1.29, 1.82) is 0 Å². The van der Waals surface area contributed by atoms with E-state index in [9.17, 15) is 22.8 Å². The summed E-state index contributed by atoms with van der Waals surface area (Å²) in [5.74, 6) is -0.414. The van der Waals surface area contributed by atoms with Gasteiger partial charge in [0.25, 0.3) is 5.91 Å². The molecule has 1 atom stereocenters. The number of carbonyl (C=O) groups is 2. The molecule has 0 fully saturated rings. The number of hydrogen-bond donors (Lipinski definition) is 1. The molecule has 1 unspecified atom stereocenters. The minimum atomic E-state index is -4.68. The summed E-state index contributed by atoms with van der Waals surface area (Å²) in [4.78, 5) is 25.4. The molecule has 31 heavy (non-hydrogen) atoms. The van der Waals surface area contributed by atoms with E-state index in [-0.39, 0.29) is 24.3 Å². The number of amides is 1. The highest BCUT2D eigenvalue weighted by atomic mass is 35.5. The van der Waals surface area contributed by atoms with Crippen LogP contribution in [0.25, 0.3) is 5.82 Å². The lowest BCUT2D eigenvalue weighted by atomic mass is 10.0. The molecule has 9 nitrogen and oxygen atoms in total. The van der Waals surface area contributed by atoms with Crippen LogP contribution in [0.15, 0.2) is 30.5 Å². The number of alkyl halides is 3. The first-order valence-corrected chi connectivity index (χ1v) is 9.38. The summed E-state index contributed by atoms with van der Waals surface area (Å²) in [6.07, 6.45) is -4.41. The molecule has 3 heterocycles. The third kappa shape index (κ3) is 3.52. The van der Waals surface area contributed by atoms with Crippen molar-refractivity contribution in [3.05, 3.63) is 58.0 Å². The summed E-state index contributed by atoms with van der Waals surface area (Å²) < 4.78 is 41.5. The van der Waals surface area contributed by atoms with Crippen molar-refractivity contribution >= 4 is 23.6 Å². The van der Waals surface area contributed by atoms with Crippen LogP contribution in [-0.4, -0.2) is 53.3 Å². The summed E-state index contributed by atoms with van der Waals surface area (Å²) in [6, 6.07) is 4.05. The van der Waals surface area contributed by atoms with Crippen LogP contribution in [0.2, 0.25) is 5.02 Å². The molecule has 2 aromatic heterocycles.